The molecule has 1 aliphatic heterocycles. The molecule has 0 radical (unpaired) electrons. The highest BCUT2D eigenvalue weighted by atomic mass is 16.3. The normalized spacial score (nSPS) is 18.6. The van der Waals surface area contributed by atoms with Crippen molar-refractivity contribution >= 4 is 23.1 Å². The molecule has 5 heteroatoms. The van der Waals surface area contributed by atoms with E-state index in [-0.39, 0.29) is 17.5 Å². The van der Waals surface area contributed by atoms with Gasteiger partial charge in [0.2, 0.25) is 0 Å². The molecule has 1 aliphatic carbocycles. The van der Waals surface area contributed by atoms with Crippen molar-refractivity contribution in [1.82, 2.24) is 0 Å². The first-order valence-corrected chi connectivity index (χ1v) is 9.78. The number of para-hydroxylation sites is 2. The van der Waals surface area contributed by atoms with Crippen LogP contribution in [0.5, 0.6) is 0 Å². The zero-order valence-electron chi connectivity index (χ0n) is 15.8. The fourth-order valence-corrected chi connectivity index (χ4v) is 4.23. The van der Waals surface area contributed by atoms with Gasteiger partial charge in [-0.3, -0.25) is 14.5 Å². The summed E-state index contributed by atoms with van der Waals surface area (Å²) >= 11 is 0. The van der Waals surface area contributed by atoms with Gasteiger partial charge < -0.3 is 9.73 Å². The number of benzene rings is 2. The SMILES string of the molecule is O=C1CCCC2=C1[C@H](c1ccccc1)N(C(=O)c1ccco1)c1ccccc1N2. The predicted octanol–water partition coefficient (Wildman–Crippen LogP) is 5.10. The summed E-state index contributed by atoms with van der Waals surface area (Å²) in [6, 6.07) is 20.2. The topological polar surface area (TPSA) is 62.6 Å². The van der Waals surface area contributed by atoms with Crippen LogP contribution in [-0.4, -0.2) is 11.7 Å². The lowest BCUT2D eigenvalue weighted by molar-refractivity contribution is -0.116. The Morgan fingerprint density at radius 3 is 2.55 bits per heavy atom. The van der Waals surface area contributed by atoms with E-state index < -0.39 is 6.04 Å². The lowest BCUT2D eigenvalue weighted by Gasteiger charge is -2.33. The van der Waals surface area contributed by atoms with E-state index >= 15 is 0 Å². The van der Waals surface area contributed by atoms with E-state index in [1.54, 1.807) is 17.0 Å². The van der Waals surface area contributed by atoms with Crippen molar-refractivity contribution in [3.05, 3.63) is 95.6 Å². The number of hydrogen-bond acceptors (Lipinski definition) is 4. The third kappa shape index (κ3) is 2.95. The number of carbonyl (C=O) groups is 2. The molecule has 3 aromatic rings. The third-order valence-corrected chi connectivity index (χ3v) is 5.50. The van der Waals surface area contributed by atoms with Crippen LogP contribution in [0.25, 0.3) is 0 Å². The fraction of sp³-hybridized carbons (Fsp3) is 0.167. The number of amides is 1. The first kappa shape index (κ1) is 17.5. The van der Waals surface area contributed by atoms with Crippen molar-refractivity contribution < 1.29 is 14.0 Å². The molecule has 5 rings (SSSR count). The van der Waals surface area contributed by atoms with Crippen LogP contribution in [-0.2, 0) is 4.79 Å². The molecule has 1 atom stereocenters. The second-order valence-electron chi connectivity index (χ2n) is 7.28. The maximum atomic E-state index is 13.6. The van der Waals surface area contributed by atoms with Crippen LogP contribution in [0.3, 0.4) is 0 Å². The van der Waals surface area contributed by atoms with Crippen LogP contribution >= 0.6 is 0 Å². The van der Waals surface area contributed by atoms with Crippen LogP contribution < -0.4 is 10.2 Å². The van der Waals surface area contributed by atoms with Gasteiger partial charge in [0.05, 0.1) is 23.7 Å². The third-order valence-electron chi connectivity index (χ3n) is 5.50. The number of nitrogens with one attached hydrogen (secondary N) is 1. The van der Waals surface area contributed by atoms with Crippen molar-refractivity contribution in [1.29, 1.82) is 0 Å². The van der Waals surface area contributed by atoms with Crippen LogP contribution in [0, 0.1) is 0 Å². The van der Waals surface area contributed by atoms with Crippen molar-refractivity contribution in [2.24, 2.45) is 0 Å². The van der Waals surface area contributed by atoms with E-state index in [4.69, 9.17) is 4.42 Å². The molecule has 0 fully saturated rings. The first-order chi connectivity index (χ1) is 14.2. The van der Waals surface area contributed by atoms with Gasteiger partial charge in [-0.05, 0) is 42.7 Å². The Bertz CT molecular complexity index is 1100. The quantitative estimate of drug-likeness (QED) is 0.668. The number of nitrogens with zero attached hydrogens (tertiary/aromatic N) is 1. The van der Waals surface area contributed by atoms with Gasteiger partial charge in [0.15, 0.2) is 11.5 Å². The van der Waals surface area contributed by atoms with Gasteiger partial charge in [0.1, 0.15) is 0 Å². The zero-order chi connectivity index (χ0) is 19.8. The van der Waals surface area contributed by atoms with Gasteiger partial charge in [-0.2, -0.15) is 0 Å². The highest BCUT2D eigenvalue weighted by Crippen LogP contribution is 2.45. The number of rotatable bonds is 2. The molecule has 0 bridgehead atoms. The maximum absolute atomic E-state index is 13.6. The molecule has 1 aromatic heterocycles. The lowest BCUT2D eigenvalue weighted by Crippen LogP contribution is -2.37. The van der Waals surface area contributed by atoms with Gasteiger partial charge in [0, 0.05) is 17.7 Å². The molecule has 0 unspecified atom stereocenters. The molecule has 144 valence electrons. The summed E-state index contributed by atoms with van der Waals surface area (Å²) in [5.41, 5.74) is 4.00. The molecule has 2 aromatic carbocycles. The summed E-state index contributed by atoms with van der Waals surface area (Å²) in [7, 11) is 0. The average molecular weight is 384 g/mol. The van der Waals surface area contributed by atoms with Crippen LogP contribution in [0.4, 0.5) is 11.4 Å². The number of Topliss-reactive ketones (excluding diaryl/α,β-unsaturated/α-hetero) is 1. The Kier molecular flexibility index (Phi) is 4.28. The summed E-state index contributed by atoms with van der Waals surface area (Å²) in [5.74, 6) is 0.0518. The van der Waals surface area contributed by atoms with E-state index in [9.17, 15) is 9.59 Å². The van der Waals surface area contributed by atoms with Crippen molar-refractivity contribution in [2.45, 2.75) is 25.3 Å². The molecule has 29 heavy (non-hydrogen) atoms. The molecule has 1 N–H and O–H groups in total. The van der Waals surface area contributed by atoms with E-state index in [1.807, 2.05) is 54.6 Å². The number of allylic oxidation sites excluding steroid dienone is 1. The molecule has 0 saturated carbocycles. The molecule has 5 nitrogen and oxygen atoms in total. The molecule has 0 spiro atoms. The van der Waals surface area contributed by atoms with Gasteiger partial charge in [0.25, 0.3) is 5.91 Å². The summed E-state index contributed by atoms with van der Waals surface area (Å²) in [6.45, 7) is 0. The number of furan rings is 1. The molecule has 2 heterocycles. The lowest BCUT2D eigenvalue weighted by atomic mass is 9.86. The zero-order valence-corrected chi connectivity index (χ0v) is 15.8. The minimum atomic E-state index is -0.521. The fourth-order valence-electron chi connectivity index (χ4n) is 4.23. The van der Waals surface area contributed by atoms with E-state index in [0.717, 1.165) is 35.5 Å². The summed E-state index contributed by atoms with van der Waals surface area (Å²) in [5, 5.41) is 3.46. The minimum absolute atomic E-state index is 0.0812. The number of anilines is 2. The number of fused-ring (bicyclic) bond motifs is 1. The van der Waals surface area contributed by atoms with Gasteiger partial charge >= 0.3 is 0 Å². The number of carbonyl (C=O) groups excluding carboxylic acids is 2. The first-order valence-electron chi connectivity index (χ1n) is 9.78. The Hall–Kier alpha value is -3.60. The van der Waals surface area contributed by atoms with Crippen molar-refractivity contribution in [3.8, 4) is 0 Å². The van der Waals surface area contributed by atoms with Crippen LogP contribution in [0.2, 0.25) is 0 Å². The monoisotopic (exact) mass is 384 g/mol. The Balaban J connectivity index is 1.79. The van der Waals surface area contributed by atoms with Crippen molar-refractivity contribution in [2.75, 3.05) is 10.2 Å². The Morgan fingerprint density at radius 1 is 0.966 bits per heavy atom. The van der Waals surface area contributed by atoms with Crippen molar-refractivity contribution in [3.63, 3.8) is 0 Å². The second kappa shape index (κ2) is 7.09. The Labute approximate surface area is 168 Å². The molecule has 1 amide bonds. The Morgan fingerprint density at radius 2 is 1.76 bits per heavy atom. The van der Waals surface area contributed by atoms with E-state index in [2.05, 4.69) is 5.32 Å². The molecule has 0 saturated heterocycles. The highest BCUT2D eigenvalue weighted by molar-refractivity contribution is 6.10. The molecular formula is C24H20N2O3. The molecular weight excluding hydrogens is 364 g/mol. The standard InChI is InChI=1S/C24H20N2O3/c27-20-13-6-11-18-22(20)23(16-8-2-1-3-9-16)26(24(28)21-14-7-15-29-21)19-12-5-4-10-17(19)25-18/h1-5,7-10,12,14-15,23,25H,6,11,13H2/t23-/m0/s1. The summed E-state index contributed by atoms with van der Waals surface area (Å²) in [4.78, 5) is 28.4. The summed E-state index contributed by atoms with van der Waals surface area (Å²) in [6.07, 6.45) is 3.56. The maximum Gasteiger partial charge on any atom is 0.294 e. The second-order valence-corrected chi connectivity index (χ2v) is 7.28. The number of ketones is 1. The largest absolute Gasteiger partial charge is 0.459 e. The minimum Gasteiger partial charge on any atom is -0.459 e. The molecule has 2 aliphatic rings. The van der Waals surface area contributed by atoms with E-state index in [1.165, 1.54) is 6.26 Å². The highest BCUT2D eigenvalue weighted by Gasteiger charge is 2.40. The van der Waals surface area contributed by atoms with E-state index in [0.29, 0.717) is 12.0 Å². The average Bonchev–Trinajstić information content (AvgIpc) is 3.24. The van der Waals surface area contributed by atoms with Crippen LogP contribution in [0.15, 0.2) is 88.7 Å². The van der Waals surface area contributed by atoms with Gasteiger partial charge in [-0.15, -0.1) is 0 Å². The smallest absolute Gasteiger partial charge is 0.294 e. The van der Waals surface area contributed by atoms with Crippen LogP contribution in [0.1, 0.15) is 41.4 Å². The summed E-state index contributed by atoms with van der Waals surface area (Å²) < 4.78 is 5.44. The number of hydrogen-bond donors (Lipinski definition) is 1. The van der Waals surface area contributed by atoms with Gasteiger partial charge in [-0.1, -0.05) is 42.5 Å². The predicted molar refractivity (Wildman–Crippen MR) is 111 cm³/mol. The van der Waals surface area contributed by atoms with Gasteiger partial charge in [-0.25, -0.2) is 0 Å².